The minimum Gasteiger partial charge on any atom is -0.353 e. The van der Waals surface area contributed by atoms with Crippen molar-refractivity contribution in [3.05, 3.63) is 65.2 Å². The fourth-order valence-electron chi connectivity index (χ4n) is 4.27. The number of imide groups is 1. The molecule has 0 spiro atoms. The van der Waals surface area contributed by atoms with Gasteiger partial charge in [-0.05, 0) is 30.2 Å². The molecule has 9 heteroatoms. The van der Waals surface area contributed by atoms with Gasteiger partial charge in [-0.1, -0.05) is 42.2 Å². The molecule has 1 unspecified atom stereocenters. The van der Waals surface area contributed by atoms with E-state index in [0.29, 0.717) is 24.6 Å². The molecule has 3 aliphatic heterocycles. The van der Waals surface area contributed by atoms with E-state index in [0.717, 1.165) is 22.4 Å². The molecular formula is C27H27N3O6. The average molecular weight is 490 g/mol. The van der Waals surface area contributed by atoms with Crippen LogP contribution >= 0.6 is 0 Å². The predicted molar refractivity (Wildman–Crippen MR) is 130 cm³/mol. The minimum absolute atomic E-state index is 0. The Balaban J connectivity index is 0.00000320. The SMILES string of the molecule is O=C(CC[C@@H]1OC1NCCC(=O)N1Cc2ccccc2C#Cc2ccccc21)ON1C(=O)CCC1=O.[HH]. The second kappa shape index (κ2) is 10.3. The highest BCUT2D eigenvalue weighted by Crippen LogP contribution is 2.27. The fourth-order valence-corrected chi connectivity index (χ4v) is 4.27. The summed E-state index contributed by atoms with van der Waals surface area (Å²) in [6, 6.07) is 15.5. The van der Waals surface area contributed by atoms with Crippen LogP contribution in [0.15, 0.2) is 48.5 Å². The van der Waals surface area contributed by atoms with E-state index < -0.39 is 17.8 Å². The molecule has 2 saturated heterocycles. The van der Waals surface area contributed by atoms with Crippen LogP contribution in [0.4, 0.5) is 5.69 Å². The van der Waals surface area contributed by atoms with E-state index in [-0.39, 0.29) is 45.3 Å². The van der Waals surface area contributed by atoms with Gasteiger partial charge in [-0.15, -0.1) is 5.06 Å². The smallest absolute Gasteiger partial charge is 0.333 e. The first-order valence-corrected chi connectivity index (χ1v) is 11.9. The second-order valence-corrected chi connectivity index (χ2v) is 8.79. The summed E-state index contributed by atoms with van der Waals surface area (Å²) in [5, 5.41) is 3.74. The van der Waals surface area contributed by atoms with Gasteiger partial charge < -0.3 is 14.5 Å². The first-order chi connectivity index (χ1) is 17.5. The maximum absolute atomic E-state index is 13.2. The number of epoxide rings is 1. The Morgan fingerprint density at radius 3 is 2.50 bits per heavy atom. The van der Waals surface area contributed by atoms with Crippen LogP contribution < -0.4 is 10.2 Å². The van der Waals surface area contributed by atoms with E-state index in [4.69, 9.17) is 9.57 Å². The Hall–Kier alpha value is -4.00. The molecule has 36 heavy (non-hydrogen) atoms. The molecule has 3 amide bonds. The Kier molecular flexibility index (Phi) is 6.80. The standard InChI is InChI=1S/C27H25N3O6.H2/c31-23(29-17-20-7-2-1-5-18(20)9-10-19-6-3-4-8-21(19)29)15-16-28-27-22(35-27)11-14-26(34)36-30-24(32)12-13-25(30)33;/h1-8,22,27-28H,11-17H2;1H/t22-,27?;/m0./s1. The highest BCUT2D eigenvalue weighted by molar-refractivity contribution is 6.01. The Labute approximate surface area is 209 Å². The van der Waals surface area contributed by atoms with Crippen molar-refractivity contribution in [1.82, 2.24) is 10.4 Å². The number of amides is 3. The molecule has 1 N–H and O–H groups in total. The largest absolute Gasteiger partial charge is 0.353 e. The lowest BCUT2D eigenvalue weighted by atomic mass is 10.0. The van der Waals surface area contributed by atoms with Crippen LogP contribution in [0, 0.1) is 11.8 Å². The van der Waals surface area contributed by atoms with E-state index in [9.17, 15) is 19.2 Å². The number of anilines is 1. The van der Waals surface area contributed by atoms with Crippen molar-refractivity contribution >= 4 is 29.4 Å². The van der Waals surface area contributed by atoms with Crippen LogP contribution in [-0.4, -0.2) is 47.6 Å². The van der Waals surface area contributed by atoms with E-state index >= 15 is 0 Å². The zero-order valence-electron chi connectivity index (χ0n) is 19.6. The molecule has 0 radical (unpaired) electrons. The average Bonchev–Trinajstić information content (AvgIpc) is 3.56. The van der Waals surface area contributed by atoms with Gasteiger partial charge in [0.1, 0.15) is 6.23 Å². The number of carbonyl (C=O) groups is 4. The molecule has 3 heterocycles. The summed E-state index contributed by atoms with van der Waals surface area (Å²) in [5.41, 5.74) is 3.51. The van der Waals surface area contributed by atoms with Crippen LogP contribution in [0.1, 0.15) is 50.2 Å². The molecule has 2 fully saturated rings. The first-order valence-electron chi connectivity index (χ1n) is 11.9. The van der Waals surface area contributed by atoms with Gasteiger partial charge in [-0.25, -0.2) is 4.79 Å². The number of nitrogens with zero attached hydrogens (tertiary/aromatic N) is 2. The van der Waals surface area contributed by atoms with Gasteiger partial charge in [0.25, 0.3) is 11.8 Å². The van der Waals surface area contributed by atoms with Crippen molar-refractivity contribution in [2.75, 3.05) is 11.4 Å². The Morgan fingerprint density at radius 1 is 1.00 bits per heavy atom. The lowest BCUT2D eigenvalue weighted by Gasteiger charge is -2.26. The van der Waals surface area contributed by atoms with Crippen molar-refractivity contribution in [1.29, 1.82) is 0 Å². The third kappa shape index (κ3) is 5.30. The van der Waals surface area contributed by atoms with Gasteiger partial charge in [0.15, 0.2) is 0 Å². The summed E-state index contributed by atoms with van der Waals surface area (Å²) in [6.45, 7) is 0.848. The lowest BCUT2D eigenvalue weighted by Crippen LogP contribution is -2.34. The number of fused-ring (bicyclic) bond motifs is 2. The number of benzene rings is 2. The number of ether oxygens (including phenoxy) is 1. The van der Waals surface area contributed by atoms with Crippen LogP contribution in [0.2, 0.25) is 0 Å². The van der Waals surface area contributed by atoms with Crippen molar-refractivity contribution in [2.45, 2.75) is 51.0 Å². The Morgan fingerprint density at radius 2 is 1.69 bits per heavy atom. The summed E-state index contributed by atoms with van der Waals surface area (Å²) < 4.78 is 5.54. The van der Waals surface area contributed by atoms with Gasteiger partial charge in [0.05, 0.1) is 24.8 Å². The van der Waals surface area contributed by atoms with Crippen LogP contribution in [0.3, 0.4) is 0 Å². The molecule has 0 aliphatic carbocycles. The molecule has 0 aromatic heterocycles. The quantitative estimate of drug-likeness (QED) is 0.344. The summed E-state index contributed by atoms with van der Waals surface area (Å²) in [4.78, 5) is 54.9. The fraction of sp³-hybridized carbons (Fsp3) is 0.333. The number of nitrogens with one attached hydrogen (secondary N) is 1. The van der Waals surface area contributed by atoms with E-state index in [2.05, 4.69) is 17.2 Å². The molecule has 186 valence electrons. The summed E-state index contributed by atoms with van der Waals surface area (Å²) >= 11 is 0. The Bertz CT molecular complexity index is 1270. The molecule has 9 nitrogen and oxygen atoms in total. The first kappa shape index (κ1) is 23.7. The molecular weight excluding hydrogens is 462 g/mol. The molecule has 3 aliphatic rings. The molecule has 2 aromatic carbocycles. The molecule has 2 aromatic rings. The van der Waals surface area contributed by atoms with Gasteiger partial charge in [0.2, 0.25) is 5.91 Å². The van der Waals surface area contributed by atoms with E-state index in [1.165, 1.54) is 0 Å². The minimum atomic E-state index is -0.651. The van der Waals surface area contributed by atoms with Crippen molar-refractivity contribution in [3.8, 4) is 11.8 Å². The van der Waals surface area contributed by atoms with Gasteiger partial charge >= 0.3 is 5.97 Å². The predicted octanol–water partition coefficient (Wildman–Crippen LogP) is 2.27. The zero-order valence-corrected chi connectivity index (χ0v) is 19.6. The number of hydroxylamine groups is 2. The van der Waals surface area contributed by atoms with Gasteiger partial charge in [-0.3, -0.25) is 19.7 Å². The van der Waals surface area contributed by atoms with Gasteiger partial charge in [0, 0.05) is 38.4 Å². The molecule has 2 atom stereocenters. The zero-order chi connectivity index (χ0) is 25.1. The summed E-state index contributed by atoms with van der Waals surface area (Å²) in [6.07, 6.45) is 0.336. The summed E-state index contributed by atoms with van der Waals surface area (Å²) in [7, 11) is 0. The van der Waals surface area contributed by atoms with Crippen molar-refractivity contribution < 1.29 is 30.2 Å². The molecule has 5 rings (SSSR count). The molecule has 0 bridgehead atoms. The molecule has 0 saturated carbocycles. The van der Waals surface area contributed by atoms with Crippen LogP contribution in [0.25, 0.3) is 0 Å². The third-order valence-corrected chi connectivity index (χ3v) is 6.27. The maximum atomic E-state index is 13.2. The van der Waals surface area contributed by atoms with Crippen molar-refractivity contribution in [2.24, 2.45) is 0 Å². The monoisotopic (exact) mass is 489 g/mol. The topological polar surface area (TPSA) is 109 Å². The normalized spacial score (nSPS) is 20.0. The van der Waals surface area contributed by atoms with Gasteiger partial charge in [-0.2, -0.15) is 0 Å². The number of hydrogen-bond acceptors (Lipinski definition) is 7. The number of para-hydroxylation sites is 1. The lowest BCUT2D eigenvalue weighted by molar-refractivity contribution is -0.197. The van der Waals surface area contributed by atoms with Crippen LogP contribution in [-0.2, 0) is 35.3 Å². The van der Waals surface area contributed by atoms with E-state index in [1.807, 2.05) is 48.5 Å². The highest BCUT2D eigenvalue weighted by Gasteiger charge is 2.39. The number of hydrogen-bond donors (Lipinski definition) is 1. The van der Waals surface area contributed by atoms with Crippen molar-refractivity contribution in [3.63, 3.8) is 0 Å². The maximum Gasteiger partial charge on any atom is 0.333 e. The van der Waals surface area contributed by atoms with Crippen LogP contribution in [0.5, 0.6) is 0 Å². The summed E-state index contributed by atoms with van der Waals surface area (Å²) in [5.74, 6) is 4.71. The van der Waals surface area contributed by atoms with E-state index in [1.54, 1.807) is 4.90 Å². The number of carbonyl (C=O) groups excluding carboxylic acids is 4. The number of rotatable bonds is 8. The second-order valence-electron chi connectivity index (χ2n) is 8.79. The third-order valence-electron chi connectivity index (χ3n) is 6.27. The highest BCUT2D eigenvalue weighted by atomic mass is 16.7.